The molecule has 1 aliphatic rings. The second-order valence-electron chi connectivity index (χ2n) is 4.49. The number of hydrogen-bond acceptors (Lipinski definition) is 3. The van der Waals surface area contributed by atoms with E-state index >= 15 is 0 Å². The van der Waals surface area contributed by atoms with Crippen molar-refractivity contribution >= 4 is 38.2 Å². The normalized spacial score (nSPS) is 16.3. The maximum absolute atomic E-state index is 11.7. The first-order valence-corrected chi connectivity index (χ1v) is 7.86. The Bertz CT molecular complexity index is 502. The lowest BCUT2D eigenvalue weighted by atomic mass is 10.1. The Morgan fingerprint density at radius 3 is 2.83 bits per heavy atom. The fourth-order valence-electron chi connectivity index (χ4n) is 2.16. The summed E-state index contributed by atoms with van der Waals surface area (Å²) in [5.74, 6) is -0.0945. The van der Waals surface area contributed by atoms with Gasteiger partial charge in [-0.05, 0) is 38.2 Å². The minimum absolute atomic E-state index is 0.0945. The Balaban J connectivity index is 2.32. The minimum Gasteiger partial charge on any atom is -0.316 e. The van der Waals surface area contributed by atoms with Crippen LogP contribution >= 0.6 is 27.3 Å². The number of hydrogen-bond donors (Lipinski definition) is 1. The molecule has 1 N–H and O–H groups in total. The Morgan fingerprint density at radius 2 is 2.17 bits per heavy atom. The molecule has 0 radical (unpaired) electrons. The third-order valence-electron chi connectivity index (χ3n) is 3.13. The van der Waals surface area contributed by atoms with Crippen LogP contribution in [0.4, 0.5) is 5.00 Å². The quantitative estimate of drug-likeness (QED) is 0.666. The average molecular weight is 327 g/mol. The van der Waals surface area contributed by atoms with Crippen LogP contribution in [0.3, 0.4) is 0 Å². The summed E-state index contributed by atoms with van der Waals surface area (Å²) < 4.78 is 0. The van der Waals surface area contributed by atoms with Crippen molar-refractivity contribution < 1.29 is 4.79 Å². The summed E-state index contributed by atoms with van der Waals surface area (Å²) in [6, 6.07) is 2.26. The number of fused-ring (bicyclic) bond motifs is 1. The fourth-order valence-corrected chi connectivity index (χ4v) is 3.52. The first-order chi connectivity index (χ1) is 8.63. The van der Waals surface area contributed by atoms with Gasteiger partial charge in [-0.2, -0.15) is 5.26 Å². The molecule has 1 atom stereocenters. The molecule has 5 heteroatoms. The van der Waals surface area contributed by atoms with Gasteiger partial charge in [-0.3, -0.25) is 4.79 Å². The number of aryl methyl sites for hydroxylation is 1. The Hall–Kier alpha value is -0.860. The second kappa shape index (κ2) is 5.85. The Kier molecular flexibility index (Phi) is 4.41. The van der Waals surface area contributed by atoms with Gasteiger partial charge in [0.1, 0.15) is 11.1 Å². The lowest BCUT2D eigenvalue weighted by Gasteiger charge is -2.05. The van der Waals surface area contributed by atoms with E-state index in [0.717, 1.165) is 29.8 Å². The highest BCUT2D eigenvalue weighted by Crippen LogP contribution is 2.37. The number of nitriles is 1. The van der Waals surface area contributed by atoms with Gasteiger partial charge in [-0.25, -0.2) is 0 Å². The highest BCUT2D eigenvalue weighted by molar-refractivity contribution is 9.10. The maximum Gasteiger partial charge on any atom is 0.238 e. The molecule has 1 amide bonds. The van der Waals surface area contributed by atoms with Crippen LogP contribution in [0, 0.1) is 11.3 Å². The van der Waals surface area contributed by atoms with Crippen molar-refractivity contribution in [3.05, 3.63) is 16.0 Å². The lowest BCUT2D eigenvalue weighted by Crippen LogP contribution is -2.19. The van der Waals surface area contributed by atoms with Crippen LogP contribution < -0.4 is 5.32 Å². The highest BCUT2D eigenvalue weighted by Gasteiger charge is 2.21. The number of anilines is 1. The molecule has 0 saturated heterocycles. The van der Waals surface area contributed by atoms with Gasteiger partial charge in [0.2, 0.25) is 5.91 Å². The van der Waals surface area contributed by atoms with Gasteiger partial charge >= 0.3 is 0 Å². The Labute approximate surface area is 119 Å². The van der Waals surface area contributed by atoms with Crippen molar-refractivity contribution in [2.75, 3.05) is 5.32 Å². The summed E-state index contributed by atoms with van der Waals surface area (Å²) >= 11 is 4.81. The zero-order chi connectivity index (χ0) is 13.1. The summed E-state index contributed by atoms with van der Waals surface area (Å²) in [6.07, 6.45) is 5.55. The molecule has 1 aliphatic carbocycles. The van der Waals surface area contributed by atoms with Crippen molar-refractivity contribution in [2.24, 2.45) is 0 Å². The number of carbonyl (C=O) groups is 1. The van der Waals surface area contributed by atoms with Crippen molar-refractivity contribution in [2.45, 2.75) is 43.9 Å². The fraction of sp³-hybridized carbons (Fsp3) is 0.538. The van der Waals surface area contributed by atoms with E-state index in [-0.39, 0.29) is 10.7 Å². The second-order valence-corrected chi connectivity index (χ2v) is 6.96. The van der Waals surface area contributed by atoms with E-state index in [1.165, 1.54) is 17.7 Å². The minimum atomic E-state index is -0.244. The summed E-state index contributed by atoms with van der Waals surface area (Å²) in [7, 11) is 0. The van der Waals surface area contributed by atoms with E-state index < -0.39 is 0 Å². The van der Waals surface area contributed by atoms with Crippen molar-refractivity contribution in [1.82, 2.24) is 0 Å². The molecular weight excluding hydrogens is 312 g/mol. The van der Waals surface area contributed by atoms with Crippen LogP contribution in [0.2, 0.25) is 0 Å². The monoisotopic (exact) mass is 326 g/mol. The first kappa shape index (κ1) is 13.6. The SMILES string of the molecule is CC(Br)C(=O)Nc1sc2c(c1C#N)CCCCC2. The van der Waals surface area contributed by atoms with E-state index in [2.05, 4.69) is 27.3 Å². The molecule has 96 valence electrons. The number of carbonyl (C=O) groups excluding carboxylic acids is 1. The molecule has 1 aromatic heterocycles. The number of alkyl halides is 1. The standard InChI is InChI=1S/C13H15BrN2OS/c1-8(14)12(17)16-13-10(7-15)9-5-3-2-4-6-11(9)18-13/h8H,2-6H2,1H3,(H,16,17). The predicted molar refractivity (Wildman–Crippen MR) is 77.3 cm³/mol. The largest absolute Gasteiger partial charge is 0.316 e. The van der Waals surface area contributed by atoms with Gasteiger partial charge in [0.05, 0.1) is 10.4 Å². The van der Waals surface area contributed by atoms with Gasteiger partial charge < -0.3 is 5.32 Å². The van der Waals surface area contributed by atoms with E-state index in [1.54, 1.807) is 18.3 Å². The molecule has 0 saturated carbocycles. The summed E-state index contributed by atoms with van der Waals surface area (Å²) in [4.78, 5) is 12.7. The first-order valence-electron chi connectivity index (χ1n) is 6.13. The zero-order valence-electron chi connectivity index (χ0n) is 10.3. The smallest absolute Gasteiger partial charge is 0.238 e. The van der Waals surface area contributed by atoms with Gasteiger partial charge in [0.25, 0.3) is 0 Å². The van der Waals surface area contributed by atoms with Gasteiger partial charge in [0.15, 0.2) is 0 Å². The molecular formula is C13H15BrN2OS. The van der Waals surface area contributed by atoms with Gasteiger partial charge in [-0.15, -0.1) is 11.3 Å². The molecule has 1 unspecified atom stereocenters. The van der Waals surface area contributed by atoms with E-state index in [4.69, 9.17) is 0 Å². The van der Waals surface area contributed by atoms with Gasteiger partial charge in [-0.1, -0.05) is 22.4 Å². The molecule has 0 fully saturated rings. The van der Waals surface area contributed by atoms with E-state index in [1.807, 2.05) is 0 Å². The molecule has 2 rings (SSSR count). The van der Waals surface area contributed by atoms with Crippen LogP contribution in [0.25, 0.3) is 0 Å². The van der Waals surface area contributed by atoms with Crippen molar-refractivity contribution in [3.63, 3.8) is 0 Å². The zero-order valence-corrected chi connectivity index (χ0v) is 12.7. The summed E-state index contributed by atoms with van der Waals surface area (Å²) in [5, 5.41) is 12.9. The highest BCUT2D eigenvalue weighted by atomic mass is 79.9. The number of thiophene rings is 1. The van der Waals surface area contributed by atoms with Crippen LogP contribution in [0.5, 0.6) is 0 Å². The molecule has 1 heterocycles. The Morgan fingerprint density at radius 1 is 1.44 bits per heavy atom. The molecule has 18 heavy (non-hydrogen) atoms. The number of halogens is 1. The van der Waals surface area contributed by atoms with E-state index in [9.17, 15) is 10.1 Å². The number of nitrogens with zero attached hydrogens (tertiary/aromatic N) is 1. The number of nitrogens with one attached hydrogen (secondary N) is 1. The lowest BCUT2D eigenvalue weighted by molar-refractivity contribution is -0.115. The van der Waals surface area contributed by atoms with Crippen molar-refractivity contribution in [1.29, 1.82) is 5.26 Å². The predicted octanol–water partition coefficient (Wildman–Crippen LogP) is 3.61. The maximum atomic E-state index is 11.7. The van der Waals surface area contributed by atoms with Crippen LogP contribution in [0.1, 0.15) is 42.2 Å². The molecule has 1 aromatic rings. The van der Waals surface area contributed by atoms with Gasteiger partial charge in [0, 0.05) is 4.88 Å². The molecule has 3 nitrogen and oxygen atoms in total. The molecule has 0 aliphatic heterocycles. The van der Waals surface area contributed by atoms with Crippen LogP contribution in [-0.4, -0.2) is 10.7 Å². The topological polar surface area (TPSA) is 52.9 Å². The number of rotatable bonds is 2. The average Bonchev–Trinajstić information content (AvgIpc) is 2.50. The summed E-state index contributed by atoms with van der Waals surface area (Å²) in [6.45, 7) is 1.78. The molecule has 0 aromatic carbocycles. The third kappa shape index (κ3) is 2.76. The van der Waals surface area contributed by atoms with Crippen molar-refractivity contribution in [3.8, 4) is 6.07 Å². The number of amides is 1. The van der Waals surface area contributed by atoms with E-state index in [0.29, 0.717) is 5.56 Å². The summed E-state index contributed by atoms with van der Waals surface area (Å²) in [5.41, 5.74) is 1.84. The third-order valence-corrected chi connectivity index (χ3v) is 4.75. The van der Waals surface area contributed by atoms with Crippen LogP contribution in [0.15, 0.2) is 0 Å². The van der Waals surface area contributed by atoms with Crippen LogP contribution in [-0.2, 0) is 17.6 Å². The molecule has 0 spiro atoms. The molecule has 0 bridgehead atoms.